The second-order valence-corrected chi connectivity index (χ2v) is 3.24. The Morgan fingerprint density at radius 3 is 2.69 bits per heavy atom. The van der Waals surface area contributed by atoms with Crippen LogP contribution in [0.2, 0.25) is 0 Å². The Balaban J connectivity index is 4.49. The zero-order chi connectivity index (χ0) is 12.6. The van der Waals surface area contributed by atoms with Crippen LogP contribution < -0.4 is 0 Å². The van der Waals surface area contributed by atoms with Crippen LogP contribution in [0.3, 0.4) is 0 Å². The van der Waals surface area contributed by atoms with E-state index in [9.17, 15) is 4.79 Å². The van der Waals surface area contributed by atoms with E-state index in [4.69, 9.17) is 19.5 Å². The summed E-state index contributed by atoms with van der Waals surface area (Å²) in [7, 11) is 1.49. The van der Waals surface area contributed by atoms with Crippen LogP contribution in [-0.4, -0.2) is 25.2 Å². The fraction of sp³-hybridized carbons (Fsp3) is 0.636. The number of ether oxygens (including phenoxy) is 3. The van der Waals surface area contributed by atoms with Crippen LogP contribution in [0, 0.1) is 11.3 Å². The largest absolute Gasteiger partial charge is 0.431 e. The van der Waals surface area contributed by atoms with Crippen LogP contribution in [0.15, 0.2) is 12.7 Å². The van der Waals surface area contributed by atoms with Crippen molar-refractivity contribution in [2.45, 2.75) is 38.8 Å². The lowest BCUT2D eigenvalue weighted by molar-refractivity contribution is -0.284. The molecule has 0 bridgehead atoms. The molecule has 0 aromatic rings. The minimum atomic E-state index is -0.944. The molecule has 2 atom stereocenters. The predicted octanol–water partition coefficient (Wildman–Crippen LogP) is 1.74. The Bertz CT molecular complexity index is 278. The Hall–Kier alpha value is -1.38. The molecular formula is C11H17NO4. The maximum absolute atomic E-state index is 11.0. The van der Waals surface area contributed by atoms with E-state index in [1.807, 2.05) is 13.0 Å². The van der Waals surface area contributed by atoms with Gasteiger partial charge >= 0.3 is 5.97 Å². The number of carbonyl (C=O) groups excluding carboxylic acids is 1. The van der Waals surface area contributed by atoms with Crippen molar-refractivity contribution in [3.63, 3.8) is 0 Å². The van der Waals surface area contributed by atoms with Gasteiger partial charge in [0.25, 0.3) is 0 Å². The Kier molecular flexibility index (Phi) is 6.38. The first-order valence-electron chi connectivity index (χ1n) is 4.94. The molecule has 0 aliphatic carbocycles. The van der Waals surface area contributed by atoms with Crippen molar-refractivity contribution >= 4 is 5.97 Å². The summed E-state index contributed by atoms with van der Waals surface area (Å²) in [6.07, 6.45) is 0.583. The van der Waals surface area contributed by atoms with Gasteiger partial charge in [0.05, 0.1) is 12.5 Å². The van der Waals surface area contributed by atoms with Crippen molar-refractivity contribution in [2.24, 2.45) is 0 Å². The van der Waals surface area contributed by atoms with E-state index in [0.29, 0.717) is 6.42 Å². The molecule has 0 aromatic heterocycles. The van der Waals surface area contributed by atoms with Crippen molar-refractivity contribution in [1.82, 2.24) is 0 Å². The first-order valence-corrected chi connectivity index (χ1v) is 4.94. The average Bonchev–Trinajstić information content (AvgIpc) is 2.29. The van der Waals surface area contributed by atoms with E-state index in [1.165, 1.54) is 7.11 Å². The topological polar surface area (TPSA) is 68.6 Å². The summed E-state index contributed by atoms with van der Waals surface area (Å²) >= 11 is 0. The van der Waals surface area contributed by atoms with Gasteiger partial charge in [-0.1, -0.05) is 13.5 Å². The summed E-state index contributed by atoms with van der Waals surface area (Å²) in [6, 6.07) is 1.88. The number of rotatable bonds is 7. The molecule has 5 nitrogen and oxygen atoms in total. The van der Waals surface area contributed by atoms with Crippen LogP contribution in [0.25, 0.3) is 0 Å². The van der Waals surface area contributed by atoms with E-state index in [-0.39, 0.29) is 6.42 Å². The van der Waals surface area contributed by atoms with E-state index in [2.05, 4.69) is 6.58 Å². The minimum absolute atomic E-state index is 0.0570. The number of carbonyl (C=O) groups is 1. The highest BCUT2D eigenvalue weighted by atomic mass is 16.8. The number of nitrogens with zero attached hydrogens (tertiary/aromatic N) is 1. The maximum atomic E-state index is 11.0. The molecule has 0 saturated heterocycles. The molecule has 0 spiro atoms. The molecule has 0 fully saturated rings. The first-order chi connectivity index (χ1) is 7.51. The van der Waals surface area contributed by atoms with E-state index >= 15 is 0 Å². The lowest BCUT2D eigenvalue weighted by Crippen LogP contribution is -2.36. The van der Waals surface area contributed by atoms with Gasteiger partial charge < -0.3 is 14.2 Å². The van der Waals surface area contributed by atoms with E-state index < -0.39 is 18.0 Å². The molecule has 0 radical (unpaired) electrons. The van der Waals surface area contributed by atoms with Gasteiger partial charge in [-0.15, -0.1) is 0 Å². The van der Waals surface area contributed by atoms with E-state index in [1.54, 1.807) is 6.92 Å². The monoisotopic (exact) mass is 227 g/mol. The zero-order valence-corrected chi connectivity index (χ0v) is 9.86. The molecule has 0 aliphatic rings. The highest BCUT2D eigenvalue weighted by Gasteiger charge is 2.28. The molecule has 0 rings (SSSR count). The molecule has 0 heterocycles. The fourth-order valence-corrected chi connectivity index (χ4v) is 0.913. The standard InChI is InChI=1S/C11H17NO4/c1-5-9(13)15-10(7-8-12)16-11(3,6-2)14-4/h5,10H,1,6-7H2,2-4H3. The molecular weight excluding hydrogens is 210 g/mol. The van der Waals surface area contributed by atoms with Crippen molar-refractivity contribution in [1.29, 1.82) is 5.26 Å². The van der Waals surface area contributed by atoms with Gasteiger partial charge in [0.2, 0.25) is 6.29 Å². The number of esters is 1. The number of hydrogen-bond acceptors (Lipinski definition) is 5. The summed E-state index contributed by atoms with van der Waals surface area (Å²) in [5.41, 5.74) is 0. The fourth-order valence-electron chi connectivity index (χ4n) is 0.913. The third-order valence-corrected chi connectivity index (χ3v) is 2.13. The lowest BCUT2D eigenvalue weighted by atomic mass is 10.2. The number of hydrogen-bond donors (Lipinski definition) is 0. The van der Waals surface area contributed by atoms with Crippen LogP contribution in [-0.2, 0) is 19.0 Å². The Labute approximate surface area is 95.6 Å². The molecule has 0 saturated carbocycles. The van der Waals surface area contributed by atoms with E-state index in [0.717, 1.165) is 6.08 Å². The van der Waals surface area contributed by atoms with Crippen molar-refractivity contribution < 1.29 is 19.0 Å². The molecule has 0 N–H and O–H groups in total. The Morgan fingerprint density at radius 2 is 2.31 bits per heavy atom. The summed E-state index contributed by atoms with van der Waals surface area (Å²) in [6.45, 7) is 6.84. The molecule has 0 aliphatic heterocycles. The molecule has 2 unspecified atom stereocenters. The molecule has 90 valence electrons. The van der Waals surface area contributed by atoms with Crippen LogP contribution in [0.5, 0.6) is 0 Å². The van der Waals surface area contributed by atoms with Gasteiger partial charge in [0.15, 0.2) is 5.79 Å². The smallest absolute Gasteiger partial charge is 0.332 e. The van der Waals surface area contributed by atoms with Crippen LogP contribution in [0.1, 0.15) is 26.7 Å². The van der Waals surface area contributed by atoms with Gasteiger partial charge in [-0.25, -0.2) is 4.79 Å². The SMILES string of the molecule is C=CC(=O)OC(CC#N)OC(C)(CC)OC. The molecule has 5 heteroatoms. The van der Waals surface area contributed by atoms with Gasteiger partial charge in [-0.3, -0.25) is 0 Å². The molecule has 16 heavy (non-hydrogen) atoms. The highest BCUT2D eigenvalue weighted by molar-refractivity contribution is 5.81. The second kappa shape index (κ2) is 6.99. The van der Waals surface area contributed by atoms with Crippen molar-refractivity contribution in [3.8, 4) is 6.07 Å². The second-order valence-electron chi connectivity index (χ2n) is 3.24. The first kappa shape index (κ1) is 14.6. The summed E-state index contributed by atoms with van der Waals surface area (Å²) < 4.78 is 15.4. The van der Waals surface area contributed by atoms with Crippen molar-refractivity contribution in [3.05, 3.63) is 12.7 Å². The number of methoxy groups -OCH3 is 1. The molecule has 0 amide bonds. The van der Waals surface area contributed by atoms with Gasteiger partial charge in [0, 0.05) is 13.2 Å². The highest BCUT2D eigenvalue weighted by Crippen LogP contribution is 2.20. The van der Waals surface area contributed by atoms with Gasteiger partial charge in [-0.2, -0.15) is 5.26 Å². The number of nitriles is 1. The average molecular weight is 227 g/mol. The normalized spacial score (nSPS) is 15.6. The summed E-state index contributed by atoms with van der Waals surface area (Å²) in [5.74, 6) is -1.50. The maximum Gasteiger partial charge on any atom is 0.332 e. The van der Waals surface area contributed by atoms with Crippen LogP contribution >= 0.6 is 0 Å². The predicted molar refractivity (Wildman–Crippen MR) is 57.1 cm³/mol. The minimum Gasteiger partial charge on any atom is -0.431 e. The van der Waals surface area contributed by atoms with Gasteiger partial charge in [0.1, 0.15) is 0 Å². The molecule has 0 aromatic carbocycles. The third kappa shape index (κ3) is 4.91. The zero-order valence-electron chi connectivity index (χ0n) is 9.86. The quantitative estimate of drug-likeness (QED) is 0.376. The third-order valence-electron chi connectivity index (χ3n) is 2.13. The van der Waals surface area contributed by atoms with Crippen LogP contribution in [0.4, 0.5) is 0 Å². The van der Waals surface area contributed by atoms with Gasteiger partial charge in [-0.05, 0) is 13.3 Å². The van der Waals surface area contributed by atoms with Crippen molar-refractivity contribution in [2.75, 3.05) is 7.11 Å². The summed E-state index contributed by atoms with van der Waals surface area (Å²) in [4.78, 5) is 11.0. The summed E-state index contributed by atoms with van der Waals surface area (Å²) in [5, 5.41) is 8.58. The lowest BCUT2D eigenvalue weighted by Gasteiger charge is -2.30. The Morgan fingerprint density at radius 1 is 1.69 bits per heavy atom.